The fourth-order valence-electron chi connectivity index (χ4n) is 2.72. The van der Waals surface area contributed by atoms with Crippen LogP contribution in [0.1, 0.15) is 12.8 Å². The summed E-state index contributed by atoms with van der Waals surface area (Å²) in [6.07, 6.45) is -2.02. The molecule has 1 aliphatic heterocycles. The van der Waals surface area contributed by atoms with Gasteiger partial charge in [-0.2, -0.15) is 0 Å². The number of rotatable bonds is 1. The van der Waals surface area contributed by atoms with E-state index in [1.807, 2.05) is 7.05 Å². The van der Waals surface area contributed by atoms with Crippen molar-refractivity contribution in [3.05, 3.63) is 0 Å². The van der Waals surface area contributed by atoms with E-state index in [0.29, 0.717) is 0 Å². The van der Waals surface area contributed by atoms with Crippen molar-refractivity contribution in [3.8, 4) is 0 Å². The number of halogens is 2. The number of aliphatic hydroxyl groups is 1. The third-order valence-electron chi connectivity index (χ3n) is 2.98. The largest absolute Gasteiger partial charge is 0.384 e. The SMILES string of the molecule is CN1CC2(C1)CC(O)(C(F)F)C2. The smallest absolute Gasteiger partial charge is 0.266 e. The molecule has 1 saturated carbocycles. The third kappa shape index (κ3) is 0.977. The summed E-state index contributed by atoms with van der Waals surface area (Å²) in [5.41, 5.74) is -1.64. The number of hydrogen-bond acceptors (Lipinski definition) is 2. The molecule has 2 rings (SSSR count). The zero-order valence-corrected chi connectivity index (χ0v) is 7.06. The van der Waals surface area contributed by atoms with E-state index in [1.165, 1.54) is 0 Å². The molecule has 1 spiro atoms. The molecule has 1 heterocycles. The van der Waals surface area contributed by atoms with Gasteiger partial charge in [0.05, 0.1) is 0 Å². The summed E-state index contributed by atoms with van der Waals surface area (Å²) in [6.45, 7) is 1.73. The minimum Gasteiger partial charge on any atom is -0.384 e. The molecule has 2 fully saturated rings. The molecule has 0 aromatic carbocycles. The Hall–Kier alpha value is -0.220. The van der Waals surface area contributed by atoms with Crippen LogP contribution in [0.15, 0.2) is 0 Å². The molecule has 0 amide bonds. The summed E-state index contributed by atoms with van der Waals surface area (Å²) >= 11 is 0. The minimum atomic E-state index is -2.57. The van der Waals surface area contributed by atoms with Gasteiger partial charge in [-0.05, 0) is 19.9 Å². The molecular weight excluding hydrogens is 164 g/mol. The van der Waals surface area contributed by atoms with Crippen LogP contribution in [0.25, 0.3) is 0 Å². The van der Waals surface area contributed by atoms with Gasteiger partial charge >= 0.3 is 0 Å². The Bertz CT molecular complexity index is 193. The van der Waals surface area contributed by atoms with Crippen molar-refractivity contribution in [1.29, 1.82) is 0 Å². The highest BCUT2D eigenvalue weighted by Crippen LogP contribution is 2.55. The van der Waals surface area contributed by atoms with Crippen molar-refractivity contribution in [3.63, 3.8) is 0 Å². The predicted molar refractivity (Wildman–Crippen MR) is 40.1 cm³/mol. The monoisotopic (exact) mass is 177 g/mol. The number of hydrogen-bond donors (Lipinski definition) is 1. The molecule has 4 heteroatoms. The molecule has 2 aliphatic rings. The summed E-state index contributed by atoms with van der Waals surface area (Å²) in [6, 6.07) is 0. The lowest BCUT2D eigenvalue weighted by atomic mass is 9.55. The normalized spacial score (nSPS) is 31.8. The molecule has 0 bridgehead atoms. The van der Waals surface area contributed by atoms with E-state index < -0.39 is 12.0 Å². The van der Waals surface area contributed by atoms with Gasteiger partial charge in [0, 0.05) is 18.5 Å². The van der Waals surface area contributed by atoms with Crippen LogP contribution in [0, 0.1) is 5.41 Å². The highest BCUT2D eigenvalue weighted by molar-refractivity contribution is 5.11. The second kappa shape index (κ2) is 2.17. The van der Waals surface area contributed by atoms with Crippen LogP contribution >= 0.6 is 0 Å². The van der Waals surface area contributed by atoms with Gasteiger partial charge in [-0.3, -0.25) is 0 Å². The van der Waals surface area contributed by atoms with E-state index in [4.69, 9.17) is 0 Å². The van der Waals surface area contributed by atoms with Gasteiger partial charge in [-0.1, -0.05) is 0 Å². The predicted octanol–water partition coefficient (Wildman–Crippen LogP) is 0.708. The first-order valence-corrected chi connectivity index (χ1v) is 4.15. The standard InChI is InChI=1S/C8H13F2NO/c1-11-4-7(5-11)2-8(12,3-7)6(9)10/h6,12H,2-5H2,1H3. The van der Waals surface area contributed by atoms with E-state index in [-0.39, 0.29) is 18.3 Å². The molecule has 0 radical (unpaired) electrons. The fourth-order valence-corrected chi connectivity index (χ4v) is 2.72. The second-order valence-corrected chi connectivity index (χ2v) is 4.43. The van der Waals surface area contributed by atoms with Crippen molar-refractivity contribution in [1.82, 2.24) is 4.90 Å². The maximum absolute atomic E-state index is 12.2. The zero-order valence-electron chi connectivity index (χ0n) is 7.06. The summed E-state index contributed by atoms with van der Waals surface area (Å²) in [4.78, 5) is 2.09. The van der Waals surface area contributed by atoms with E-state index >= 15 is 0 Å². The van der Waals surface area contributed by atoms with Crippen LogP contribution in [0.4, 0.5) is 8.78 Å². The van der Waals surface area contributed by atoms with Crippen molar-refractivity contribution in [2.75, 3.05) is 20.1 Å². The summed E-state index contributed by atoms with van der Waals surface area (Å²) in [5, 5.41) is 9.31. The highest BCUT2D eigenvalue weighted by atomic mass is 19.3. The summed E-state index contributed by atoms with van der Waals surface area (Å²) in [7, 11) is 1.96. The fraction of sp³-hybridized carbons (Fsp3) is 1.00. The molecule has 2 nitrogen and oxygen atoms in total. The van der Waals surface area contributed by atoms with E-state index in [0.717, 1.165) is 13.1 Å². The molecule has 0 aromatic heterocycles. The van der Waals surface area contributed by atoms with Gasteiger partial charge in [-0.25, -0.2) is 8.78 Å². The lowest BCUT2D eigenvalue weighted by Gasteiger charge is -2.61. The minimum absolute atomic E-state index is 0.0277. The van der Waals surface area contributed by atoms with Crippen molar-refractivity contribution in [2.24, 2.45) is 5.41 Å². The van der Waals surface area contributed by atoms with Gasteiger partial charge in [0.2, 0.25) is 0 Å². The summed E-state index contributed by atoms with van der Waals surface area (Å²) in [5.74, 6) is 0. The van der Waals surface area contributed by atoms with Gasteiger partial charge in [0.25, 0.3) is 6.43 Å². The Labute approximate surface area is 70.2 Å². The van der Waals surface area contributed by atoms with E-state index in [9.17, 15) is 13.9 Å². The molecule has 0 aromatic rings. The molecule has 12 heavy (non-hydrogen) atoms. The number of likely N-dealkylation sites (tertiary alicyclic amines) is 1. The van der Waals surface area contributed by atoms with Crippen LogP contribution in [0.2, 0.25) is 0 Å². The van der Waals surface area contributed by atoms with Crippen molar-refractivity contribution >= 4 is 0 Å². The maximum atomic E-state index is 12.2. The lowest BCUT2D eigenvalue weighted by molar-refractivity contribution is -0.236. The first-order valence-electron chi connectivity index (χ1n) is 4.15. The number of nitrogens with zero attached hydrogens (tertiary/aromatic N) is 1. The van der Waals surface area contributed by atoms with Crippen LogP contribution in [-0.2, 0) is 0 Å². The zero-order chi connectivity index (χ0) is 8.98. The quantitative estimate of drug-likeness (QED) is 0.637. The van der Waals surface area contributed by atoms with Crippen LogP contribution in [0.3, 0.4) is 0 Å². The molecule has 1 aliphatic carbocycles. The van der Waals surface area contributed by atoms with Gasteiger partial charge < -0.3 is 10.0 Å². The molecule has 1 N–H and O–H groups in total. The second-order valence-electron chi connectivity index (χ2n) is 4.43. The summed E-state index contributed by atoms with van der Waals surface area (Å²) < 4.78 is 24.4. The molecule has 1 saturated heterocycles. The van der Waals surface area contributed by atoms with Gasteiger partial charge in [0.1, 0.15) is 5.60 Å². The van der Waals surface area contributed by atoms with E-state index in [2.05, 4.69) is 4.90 Å². The third-order valence-corrected chi connectivity index (χ3v) is 2.98. The van der Waals surface area contributed by atoms with Crippen molar-refractivity contribution in [2.45, 2.75) is 24.9 Å². The lowest BCUT2D eigenvalue weighted by Crippen LogP contribution is -2.68. The van der Waals surface area contributed by atoms with E-state index in [1.54, 1.807) is 0 Å². The first kappa shape index (κ1) is 8.38. The Balaban J connectivity index is 1.91. The topological polar surface area (TPSA) is 23.5 Å². The molecule has 70 valence electrons. The Morgan fingerprint density at radius 2 is 1.83 bits per heavy atom. The molecule has 0 atom stereocenters. The van der Waals surface area contributed by atoms with Crippen molar-refractivity contribution < 1.29 is 13.9 Å². The highest BCUT2D eigenvalue weighted by Gasteiger charge is 2.62. The first-order chi connectivity index (χ1) is 5.46. The van der Waals surface area contributed by atoms with Crippen LogP contribution in [0.5, 0.6) is 0 Å². The average molecular weight is 177 g/mol. The molecule has 0 unspecified atom stereocenters. The Kier molecular flexibility index (Phi) is 1.52. The molecular formula is C8H13F2NO. The van der Waals surface area contributed by atoms with Crippen LogP contribution < -0.4 is 0 Å². The Morgan fingerprint density at radius 3 is 2.17 bits per heavy atom. The number of alkyl halides is 2. The Morgan fingerprint density at radius 1 is 1.33 bits per heavy atom. The average Bonchev–Trinajstić information content (AvgIpc) is 1.80. The maximum Gasteiger partial charge on any atom is 0.266 e. The van der Waals surface area contributed by atoms with Crippen LogP contribution in [-0.4, -0.2) is 42.2 Å². The van der Waals surface area contributed by atoms with Gasteiger partial charge in [0.15, 0.2) is 0 Å². The van der Waals surface area contributed by atoms with Gasteiger partial charge in [-0.15, -0.1) is 0 Å².